The molecule has 74 valence electrons. The highest BCUT2D eigenvalue weighted by atomic mass is 15.2. The Bertz CT molecular complexity index is 179. The van der Waals surface area contributed by atoms with Crippen LogP contribution in [0.25, 0.3) is 0 Å². The Kier molecular flexibility index (Phi) is 4.20. The minimum absolute atomic E-state index is 0.656. The summed E-state index contributed by atoms with van der Waals surface area (Å²) >= 11 is 0. The van der Waals surface area contributed by atoms with Gasteiger partial charge in [0.15, 0.2) is 0 Å². The van der Waals surface area contributed by atoms with Crippen LogP contribution in [0.1, 0.15) is 20.3 Å². The van der Waals surface area contributed by atoms with E-state index in [2.05, 4.69) is 30.1 Å². The molecule has 3 heteroatoms. The summed E-state index contributed by atoms with van der Waals surface area (Å²) in [6, 6.07) is 2.89. The zero-order valence-corrected chi connectivity index (χ0v) is 8.58. The van der Waals surface area contributed by atoms with E-state index in [4.69, 9.17) is 5.26 Å². The lowest BCUT2D eigenvalue weighted by molar-refractivity contribution is 0.133. The van der Waals surface area contributed by atoms with Crippen LogP contribution in [-0.2, 0) is 0 Å². The summed E-state index contributed by atoms with van der Waals surface area (Å²) in [6.45, 7) is 8.70. The fourth-order valence-corrected chi connectivity index (χ4v) is 1.62. The van der Waals surface area contributed by atoms with Gasteiger partial charge in [-0.2, -0.15) is 5.26 Å². The second-order valence-corrected chi connectivity index (χ2v) is 4.11. The van der Waals surface area contributed by atoms with Crippen LogP contribution in [0.15, 0.2) is 0 Å². The Balaban J connectivity index is 2.29. The van der Waals surface area contributed by atoms with Crippen molar-refractivity contribution in [3.63, 3.8) is 0 Å². The quantitative estimate of drug-likeness (QED) is 0.683. The standard InChI is InChI=1S/C10H19N3/c1-9(2)8-13(5-3-4-11)10-6-12-7-10/h9-10,12H,3,5-8H2,1-2H3. The van der Waals surface area contributed by atoms with Crippen molar-refractivity contribution in [3.8, 4) is 6.07 Å². The predicted molar refractivity (Wildman–Crippen MR) is 53.3 cm³/mol. The zero-order chi connectivity index (χ0) is 9.68. The van der Waals surface area contributed by atoms with Gasteiger partial charge >= 0.3 is 0 Å². The van der Waals surface area contributed by atoms with E-state index >= 15 is 0 Å². The maximum absolute atomic E-state index is 8.53. The van der Waals surface area contributed by atoms with Crippen molar-refractivity contribution < 1.29 is 0 Å². The van der Waals surface area contributed by atoms with Gasteiger partial charge in [-0.3, -0.25) is 4.90 Å². The molecular formula is C10H19N3. The Morgan fingerprint density at radius 2 is 2.23 bits per heavy atom. The van der Waals surface area contributed by atoms with Crippen LogP contribution in [-0.4, -0.2) is 37.1 Å². The Labute approximate surface area is 80.7 Å². The molecule has 1 N–H and O–H groups in total. The van der Waals surface area contributed by atoms with Crippen LogP contribution >= 0.6 is 0 Å². The highest BCUT2D eigenvalue weighted by Crippen LogP contribution is 2.08. The van der Waals surface area contributed by atoms with Crippen LogP contribution in [0.4, 0.5) is 0 Å². The number of hydrogen-bond donors (Lipinski definition) is 1. The van der Waals surface area contributed by atoms with Crippen LogP contribution in [0.3, 0.4) is 0 Å². The van der Waals surface area contributed by atoms with Crippen LogP contribution in [0.2, 0.25) is 0 Å². The van der Waals surface area contributed by atoms with Gasteiger partial charge in [0.05, 0.1) is 6.07 Å². The molecule has 0 bridgehead atoms. The minimum Gasteiger partial charge on any atom is -0.314 e. The lowest BCUT2D eigenvalue weighted by Crippen LogP contribution is -2.58. The van der Waals surface area contributed by atoms with E-state index in [0.29, 0.717) is 18.4 Å². The van der Waals surface area contributed by atoms with Crippen molar-refractivity contribution in [2.24, 2.45) is 5.92 Å². The molecule has 0 aromatic carbocycles. The number of rotatable bonds is 5. The monoisotopic (exact) mass is 181 g/mol. The lowest BCUT2D eigenvalue weighted by Gasteiger charge is -2.38. The molecule has 1 saturated heterocycles. The maximum atomic E-state index is 8.53. The van der Waals surface area contributed by atoms with E-state index in [1.807, 2.05) is 0 Å². The molecule has 1 aliphatic heterocycles. The molecule has 1 rings (SSSR count). The molecule has 0 aliphatic carbocycles. The summed E-state index contributed by atoms with van der Waals surface area (Å²) in [6.07, 6.45) is 0.656. The van der Waals surface area contributed by atoms with Crippen LogP contribution < -0.4 is 5.32 Å². The summed E-state index contributed by atoms with van der Waals surface area (Å²) in [5.74, 6) is 0.694. The van der Waals surface area contributed by atoms with E-state index < -0.39 is 0 Å². The molecule has 0 unspecified atom stereocenters. The smallest absolute Gasteiger partial charge is 0.0635 e. The summed E-state index contributed by atoms with van der Waals surface area (Å²) in [5, 5.41) is 11.8. The molecule has 0 aromatic rings. The van der Waals surface area contributed by atoms with Gasteiger partial charge < -0.3 is 5.32 Å². The van der Waals surface area contributed by atoms with Gasteiger partial charge in [-0.1, -0.05) is 13.8 Å². The van der Waals surface area contributed by atoms with Crippen molar-refractivity contribution in [2.45, 2.75) is 26.3 Å². The first-order valence-corrected chi connectivity index (χ1v) is 5.05. The molecule has 0 spiro atoms. The SMILES string of the molecule is CC(C)CN(CCC#N)C1CNC1. The van der Waals surface area contributed by atoms with Gasteiger partial charge in [-0.05, 0) is 5.92 Å². The largest absolute Gasteiger partial charge is 0.314 e. The summed E-state index contributed by atoms with van der Waals surface area (Å²) in [4.78, 5) is 2.43. The molecule has 13 heavy (non-hydrogen) atoms. The number of nitrogens with zero attached hydrogens (tertiary/aromatic N) is 2. The molecule has 1 fully saturated rings. The predicted octanol–water partition coefficient (Wildman–Crippen LogP) is 0.830. The normalized spacial score (nSPS) is 17.5. The average Bonchev–Trinajstić information content (AvgIpc) is 1.95. The van der Waals surface area contributed by atoms with Gasteiger partial charge in [0.1, 0.15) is 0 Å². The Morgan fingerprint density at radius 3 is 2.62 bits per heavy atom. The fraction of sp³-hybridized carbons (Fsp3) is 0.900. The van der Waals surface area contributed by atoms with Gasteiger partial charge in [-0.15, -0.1) is 0 Å². The highest BCUT2D eigenvalue weighted by Gasteiger charge is 2.24. The third kappa shape index (κ3) is 3.33. The first kappa shape index (κ1) is 10.5. The fourth-order valence-electron chi connectivity index (χ4n) is 1.62. The molecule has 0 amide bonds. The molecular weight excluding hydrogens is 162 g/mol. The van der Waals surface area contributed by atoms with E-state index in [-0.39, 0.29) is 0 Å². The third-order valence-corrected chi connectivity index (χ3v) is 2.39. The van der Waals surface area contributed by atoms with E-state index in [1.165, 1.54) is 0 Å². The van der Waals surface area contributed by atoms with Crippen LogP contribution in [0.5, 0.6) is 0 Å². The second-order valence-electron chi connectivity index (χ2n) is 4.11. The Hall–Kier alpha value is -0.590. The number of nitrogens with one attached hydrogen (secondary N) is 1. The molecule has 0 aromatic heterocycles. The summed E-state index contributed by atoms with van der Waals surface area (Å²) < 4.78 is 0. The van der Waals surface area contributed by atoms with Gasteiger partial charge in [-0.25, -0.2) is 0 Å². The minimum atomic E-state index is 0.656. The first-order chi connectivity index (χ1) is 6.24. The average molecular weight is 181 g/mol. The highest BCUT2D eigenvalue weighted by molar-refractivity contribution is 4.86. The van der Waals surface area contributed by atoms with Crippen molar-refractivity contribution >= 4 is 0 Å². The summed E-state index contributed by atoms with van der Waals surface area (Å²) in [7, 11) is 0. The van der Waals surface area contributed by atoms with Gasteiger partial charge in [0, 0.05) is 38.6 Å². The molecule has 0 atom stereocenters. The van der Waals surface area contributed by atoms with Crippen molar-refractivity contribution in [1.82, 2.24) is 10.2 Å². The molecule has 1 heterocycles. The van der Waals surface area contributed by atoms with Gasteiger partial charge in [0.2, 0.25) is 0 Å². The van der Waals surface area contributed by atoms with Crippen molar-refractivity contribution in [3.05, 3.63) is 0 Å². The number of nitriles is 1. The van der Waals surface area contributed by atoms with Crippen LogP contribution in [0, 0.1) is 17.2 Å². The van der Waals surface area contributed by atoms with E-state index in [9.17, 15) is 0 Å². The topological polar surface area (TPSA) is 39.1 Å². The third-order valence-electron chi connectivity index (χ3n) is 2.39. The van der Waals surface area contributed by atoms with E-state index in [0.717, 1.165) is 26.2 Å². The Morgan fingerprint density at radius 1 is 1.54 bits per heavy atom. The first-order valence-electron chi connectivity index (χ1n) is 5.05. The van der Waals surface area contributed by atoms with E-state index in [1.54, 1.807) is 0 Å². The molecule has 3 nitrogen and oxygen atoms in total. The maximum Gasteiger partial charge on any atom is 0.0635 e. The van der Waals surface area contributed by atoms with Gasteiger partial charge in [0.25, 0.3) is 0 Å². The summed E-state index contributed by atoms with van der Waals surface area (Å²) in [5.41, 5.74) is 0. The van der Waals surface area contributed by atoms with Crippen molar-refractivity contribution in [2.75, 3.05) is 26.2 Å². The molecule has 1 aliphatic rings. The zero-order valence-electron chi connectivity index (χ0n) is 8.58. The second kappa shape index (κ2) is 5.21. The molecule has 0 saturated carbocycles. The molecule has 0 radical (unpaired) electrons. The number of hydrogen-bond acceptors (Lipinski definition) is 3. The van der Waals surface area contributed by atoms with Crippen molar-refractivity contribution in [1.29, 1.82) is 5.26 Å². The lowest BCUT2D eigenvalue weighted by atomic mass is 10.1.